The van der Waals surface area contributed by atoms with Gasteiger partial charge in [0, 0.05) is 5.56 Å². The smallest absolute Gasteiger partial charge is 0.343 e. The number of nitrogens with zero attached hydrogens (tertiary/aromatic N) is 2. The Labute approximate surface area is 247 Å². The number of benzene rings is 3. The van der Waals surface area contributed by atoms with Gasteiger partial charge in [0.25, 0.3) is 17.7 Å². The number of fused-ring (bicyclic) bond motifs is 1. The lowest BCUT2D eigenvalue weighted by Crippen LogP contribution is -2.52. The Bertz CT molecular complexity index is 1600. The third kappa shape index (κ3) is 5.56. The topological polar surface area (TPSA) is 110 Å². The third-order valence-corrected chi connectivity index (χ3v) is 7.74. The number of methoxy groups -OCH3 is 1. The SMILES string of the molecule is COc1cccc(C(=O)Oc2ccc(C(=O)CN(C(=O)c3ccccc3Cl)N3C(=O)[C@H]4[C@@H](C)C=CC[C@H]4C3=O)cc2)c1. The van der Waals surface area contributed by atoms with Crippen LogP contribution in [0.5, 0.6) is 11.5 Å². The molecule has 214 valence electrons. The van der Waals surface area contributed by atoms with Gasteiger partial charge in [-0.3, -0.25) is 19.2 Å². The fourth-order valence-corrected chi connectivity index (χ4v) is 5.44. The van der Waals surface area contributed by atoms with Crippen molar-refractivity contribution < 1.29 is 33.4 Å². The van der Waals surface area contributed by atoms with Crippen LogP contribution in [0.4, 0.5) is 0 Å². The molecule has 0 N–H and O–H groups in total. The zero-order chi connectivity index (χ0) is 30.0. The molecule has 5 rings (SSSR count). The molecule has 0 bridgehead atoms. The van der Waals surface area contributed by atoms with E-state index in [4.69, 9.17) is 21.1 Å². The number of rotatable bonds is 8. The Morgan fingerprint density at radius 2 is 1.67 bits per heavy atom. The molecule has 0 spiro atoms. The second-order valence-corrected chi connectivity index (χ2v) is 10.5. The van der Waals surface area contributed by atoms with Crippen LogP contribution in [0, 0.1) is 17.8 Å². The monoisotopic (exact) mass is 586 g/mol. The summed E-state index contributed by atoms with van der Waals surface area (Å²) in [5.74, 6) is -3.72. The average molecular weight is 587 g/mol. The number of carbonyl (C=O) groups excluding carboxylic acids is 5. The second-order valence-electron chi connectivity index (χ2n) is 10.1. The fraction of sp³-hybridized carbons (Fsp3) is 0.219. The Morgan fingerprint density at radius 3 is 2.36 bits per heavy atom. The van der Waals surface area contributed by atoms with Gasteiger partial charge in [0.2, 0.25) is 0 Å². The summed E-state index contributed by atoms with van der Waals surface area (Å²) < 4.78 is 10.5. The van der Waals surface area contributed by atoms with Crippen LogP contribution in [0.25, 0.3) is 0 Å². The van der Waals surface area contributed by atoms with Crippen molar-refractivity contribution in [3.8, 4) is 11.5 Å². The van der Waals surface area contributed by atoms with Gasteiger partial charge in [-0.15, -0.1) is 0 Å². The number of hydrazine groups is 1. The van der Waals surface area contributed by atoms with Gasteiger partial charge in [0.15, 0.2) is 5.78 Å². The molecular weight excluding hydrogens is 560 g/mol. The highest BCUT2D eigenvalue weighted by Gasteiger charge is 2.53. The molecule has 3 aromatic carbocycles. The molecule has 1 aliphatic carbocycles. The lowest BCUT2D eigenvalue weighted by atomic mass is 9.78. The number of halogens is 1. The summed E-state index contributed by atoms with van der Waals surface area (Å²) in [7, 11) is 1.49. The van der Waals surface area contributed by atoms with Crippen LogP contribution in [-0.4, -0.2) is 53.1 Å². The number of ether oxygens (including phenoxy) is 2. The van der Waals surface area contributed by atoms with E-state index in [-0.39, 0.29) is 33.4 Å². The molecule has 1 fully saturated rings. The van der Waals surface area contributed by atoms with E-state index in [1.807, 2.05) is 19.1 Å². The minimum atomic E-state index is -0.751. The second kappa shape index (κ2) is 12.0. The Balaban J connectivity index is 1.38. The van der Waals surface area contributed by atoms with Crippen LogP contribution in [0.3, 0.4) is 0 Å². The van der Waals surface area contributed by atoms with Gasteiger partial charge in [-0.1, -0.05) is 48.9 Å². The van der Waals surface area contributed by atoms with Crippen molar-refractivity contribution in [2.75, 3.05) is 13.7 Å². The van der Waals surface area contributed by atoms with Crippen molar-refractivity contribution >= 4 is 41.1 Å². The molecule has 3 amide bonds. The highest BCUT2D eigenvalue weighted by atomic mass is 35.5. The number of hydrogen-bond donors (Lipinski definition) is 0. The predicted octanol–water partition coefficient (Wildman–Crippen LogP) is 5.01. The van der Waals surface area contributed by atoms with Gasteiger partial charge in [-0.05, 0) is 66.9 Å². The first kappa shape index (κ1) is 28.8. The molecule has 3 atom stereocenters. The first-order valence-corrected chi connectivity index (χ1v) is 13.7. The van der Waals surface area contributed by atoms with Gasteiger partial charge >= 0.3 is 5.97 Å². The summed E-state index contributed by atoms with van der Waals surface area (Å²) in [5.41, 5.74) is 0.515. The molecule has 1 saturated heterocycles. The van der Waals surface area contributed by atoms with Gasteiger partial charge in [-0.25, -0.2) is 9.80 Å². The van der Waals surface area contributed by atoms with Crippen molar-refractivity contribution in [2.24, 2.45) is 17.8 Å². The number of carbonyl (C=O) groups is 5. The van der Waals surface area contributed by atoms with Crippen molar-refractivity contribution in [1.29, 1.82) is 0 Å². The summed E-state index contributed by atoms with van der Waals surface area (Å²) >= 11 is 6.28. The number of amides is 3. The van der Waals surface area contributed by atoms with Gasteiger partial charge < -0.3 is 9.47 Å². The summed E-state index contributed by atoms with van der Waals surface area (Å²) in [6.45, 7) is 1.25. The Hall–Kier alpha value is -4.76. The quantitative estimate of drug-likeness (QED) is 0.120. The number of ketones is 1. The standard InChI is InChI=1S/C32H27ClN2O7/c1-19-7-5-11-25-28(19)31(39)35(30(25)38)34(29(37)24-10-3-4-12-26(24)33)18-27(36)20-13-15-22(16-14-20)42-32(40)21-8-6-9-23(17-21)41-2/h3-10,12-17,19,25,28H,11,18H2,1-2H3/t19-,25+,28-/m0/s1. The van der Waals surface area contributed by atoms with Crippen molar-refractivity contribution in [1.82, 2.24) is 10.0 Å². The van der Waals surface area contributed by atoms with E-state index in [0.717, 1.165) is 10.0 Å². The van der Waals surface area contributed by atoms with Crippen LogP contribution < -0.4 is 9.47 Å². The maximum atomic E-state index is 13.7. The molecule has 3 aromatic rings. The molecule has 1 heterocycles. The zero-order valence-electron chi connectivity index (χ0n) is 22.9. The minimum Gasteiger partial charge on any atom is -0.497 e. The average Bonchev–Trinajstić information content (AvgIpc) is 3.26. The van der Waals surface area contributed by atoms with E-state index < -0.39 is 47.9 Å². The predicted molar refractivity (Wildman–Crippen MR) is 153 cm³/mol. The van der Waals surface area contributed by atoms with Gasteiger partial charge in [0.1, 0.15) is 18.0 Å². The molecule has 10 heteroatoms. The minimum absolute atomic E-state index is 0.0495. The van der Waals surface area contributed by atoms with Crippen LogP contribution in [0.1, 0.15) is 44.4 Å². The van der Waals surface area contributed by atoms with E-state index in [2.05, 4.69) is 0 Å². The van der Waals surface area contributed by atoms with Crippen LogP contribution in [-0.2, 0) is 9.59 Å². The molecule has 2 aliphatic rings. The van der Waals surface area contributed by atoms with Gasteiger partial charge in [0.05, 0.1) is 35.1 Å². The van der Waals surface area contributed by atoms with Crippen molar-refractivity contribution in [2.45, 2.75) is 13.3 Å². The molecule has 42 heavy (non-hydrogen) atoms. The lowest BCUT2D eigenvalue weighted by Gasteiger charge is -2.30. The highest BCUT2D eigenvalue weighted by molar-refractivity contribution is 6.34. The van der Waals surface area contributed by atoms with E-state index in [1.165, 1.54) is 43.5 Å². The van der Waals surface area contributed by atoms with Crippen molar-refractivity contribution in [3.05, 3.63) is 107 Å². The van der Waals surface area contributed by atoms with Crippen LogP contribution >= 0.6 is 11.6 Å². The molecule has 0 unspecified atom stereocenters. The first-order valence-electron chi connectivity index (χ1n) is 13.3. The maximum absolute atomic E-state index is 13.7. The molecule has 0 radical (unpaired) electrons. The Kier molecular flexibility index (Phi) is 8.22. The Morgan fingerprint density at radius 1 is 0.929 bits per heavy atom. The fourth-order valence-electron chi connectivity index (χ4n) is 5.23. The molecule has 0 saturated carbocycles. The number of hydrogen-bond acceptors (Lipinski definition) is 7. The third-order valence-electron chi connectivity index (χ3n) is 7.42. The summed E-state index contributed by atoms with van der Waals surface area (Å²) in [6.07, 6.45) is 4.10. The first-order chi connectivity index (χ1) is 20.2. The largest absolute Gasteiger partial charge is 0.497 e. The number of esters is 1. The van der Waals surface area contributed by atoms with E-state index in [1.54, 1.807) is 36.4 Å². The van der Waals surface area contributed by atoms with Crippen molar-refractivity contribution in [3.63, 3.8) is 0 Å². The summed E-state index contributed by atoms with van der Waals surface area (Å²) in [5, 5.41) is 1.82. The molecule has 1 aliphatic heterocycles. The van der Waals surface area contributed by atoms with Crippen LogP contribution in [0.2, 0.25) is 5.02 Å². The van der Waals surface area contributed by atoms with E-state index >= 15 is 0 Å². The summed E-state index contributed by atoms with van der Waals surface area (Å²) in [4.78, 5) is 66.7. The number of imide groups is 1. The van der Waals surface area contributed by atoms with E-state index in [9.17, 15) is 24.0 Å². The van der Waals surface area contributed by atoms with E-state index in [0.29, 0.717) is 12.2 Å². The zero-order valence-corrected chi connectivity index (χ0v) is 23.6. The molecule has 9 nitrogen and oxygen atoms in total. The maximum Gasteiger partial charge on any atom is 0.343 e. The molecular formula is C32H27ClN2O7. The van der Waals surface area contributed by atoms with Crippen LogP contribution in [0.15, 0.2) is 84.9 Å². The lowest BCUT2D eigenvalue weighted by molar-refractivity contribution is -0.154. The number of Topliss-reactive ketones (excluding diaryl/α,β-unsaturated/α-hetero) is 1. The molecule has 0 aromatic heterocycles. The number of allylic oxidation sites excluding steroid dienone is 2. The van der Waals surface area contributed by atoms with Gasteiger partial charge in [-0.2, -0.15) is 5.01 Å². The summed E-state index contributed by atoms with van der Waals surface area (Å²) in [6, 6.07) is 18.5. The normalized spacial score (nSPS) is 19.3. The highest BCUT2D eigenvalue weighted by Crippen LogP contribution is 2.39.